The van der Waals surface area contributed by atoms with Crippen molar-refractivity contribution in [2.75, 3.05) is 13.1 Å². The number of hydrogen-bond acceptors (Lipinski definition) is 2. The summed E-state index contributed by atoms with van der Waals surface area (Å²) in [4.78, 5) is 0. The third-order valence-electron chi connectivity index (χ3n) is 5.62. The Balaban J connectivity index is 1.52. The third kappa shape index (κ3) is 2.62. The van der Waals surface area contributed by atoms with Crippen LogP contribution in [0, 0.1) is 5.82 Å². The minimum Gasteiger partial charge on any atom is -0.313 e. The Morgan fingerprint density at radius 1 is 1.19 bits per heavy atom. The zero-order valence-corrected chi connectivity index (χ0v) is 12.6. The average molecular weight is 288 g/mol. The smallest absolute Gasteiger partial charge is 0.126 e. The first-order valence-electron chi connectivity index (χ1n) is 8.55. The van der Waals surface area contributed by atoms with Crippen molar-refractivity contribution in [2.24, 2.45) is 0 Å². The van der Waals surface area contributed by atoms with Gasteiger partial charge in [-0.15, -0.1) is 0 Å². The molecule has 1 saturated heterocycles. The summed E-state index contributed by atoms with van der Waals surface area (Å²) in [7, 11) is 0. The molecule has 2 nitrogen and oxygen atoms in total. The van der Waals surface area contributed by atoms with E-state index in [2.05, 4.69) is 16.7 Å². The molecule has 0 spiro atoms. The van der Waals surface area contributed by atoms with Crippen LogP contribution in [0.5, 0.6) is 0 Å². The SMILES string of the molecule is Fc1ccc(C2(NC[C@@H]3CCCN3)CCC2)cc1C1CC1. The van der Waals surface area contributed by atoms with Crippen LogP contribution < -0.4 is 10.6 Å². The Hall–Kier alpha value is -0.930. The first kappa shape index (κ1) is 13.7. The second-order valence-corrected chi connectivity index (χ2v) is 7.12. The highest BCUT2D eigenvalue weighted by atomic mass is 19.1. The molecule has 3 aliphatic rings. The first-order valence-corrected chi connectivity index (χ1v) is 8.55. The van der Waals surface area contributed by atoms with Crippen molar-refractivity contribution in [3.8, 4) is 0 Å². The molecule has 1 heterocycles. The molecule has 1 aromatic carbocycles. The molecular formula is C18H25FN2. The molecule has 1 aromatic rings. The second-order valence-electron chi connectivity index (χ2n) is 7.12. The zero-order chi connectivity index (χ0) is 14.3. The van der Waals surface area contributed by atoms with Gasteiger partial charge in [0.2, 0.25) is 0 Å². The minimum absolute atomic E-state index is 0.00631. The van der Waals surface area contributed by atoms with E-state index < -0.39 is 0 Å². The Morgan fingerprint density at radius 3 is 2.67 bits per heavy atom. The lowest BCUT2D eigenvalue weighted by Gasteiger charge is -2.44. The lowest BCUT2D eigenvalue weighted by atomic mass is 9.71. The topological polar surface area (TPSA) is 24.1 Å². The molecule has 0 aromatic heterocycles. The Kier molecular flexibility index (Phi) is 3.50. The number of rotatable bonds is 5. The lowest BCUT2D eigenvalue weighted by molar-refractivity contribution is 0.180. The maximum atomic E-state index is 14.0. The predicted molar refractivity (Wildman–Crippen MR) is 82.9 cm³/mol. The quantitative estimate of drug-likeness (QED) is 0.867. The van der Waals surface area contributed by atoms with Crippen molar-refractivity contribution >= 4 is 0 Å². The monoisotopic (exact) mass is 288 g/mol. The number of halogens is 1. The van der Waals surface area contributed by atoms with Gasteiger partial charge in [-0.3, -0.25) is 0 Å². The van der Waals surface area contributed by atoms with Crippen molar-refractivity contribution < 1.29 is 4.39 Å². The number of hydrogen-bond donors (Lipinski definition) is 2. The van der Waals surface area contributed by atoms with Gasteiger partial charge in [-0.1, -0.05) is 12.1 Å². The van der Waals surface area contributed by atoms with Crippen LogP contribution in [0.2, 0.25) is 0 Å². The molecule has 0 unspecified atom stereocenters. The number of nitrogens with one attached hydrogen (secondary N) is 2. The van der Waals surface area contributed by atoms with Gasteiger partial charge in [0.05, 0.1) is 0 Å². The molecule has 1 aliphatic heterocycles. The van der Waals surface area contributed by atoms with Gasteiger partial charge >= 0.3 is 0 Å². The standard InChI is InChI=1S/C18H25FN2/c19-17-7-6-14(11-16(17)13-4-5-13)18(8-2-9-18)21-12-15-3-1-10-20-15/h6-7,11,13,15,20-21H,1-5,8-10,12H2/t15-/m0/s1. The third-order valence-corrected chi connectivity index (χ3v) is 5.62. The highest BCUT2D eigenvalue weighted by Crippen LogP contribution is 2.46. The van der Waals surface area contributed by atoms with Crippen LogP contribution in [-0.4, -0.2) is 19.1 Å². The highest BCUT2D eigenvalue weighted by Gasteiger charge is 2.39. The maximum absolute atomic E-state index is 14.0. The zero-order valence-electron chi connectivity index (χ0n) is 12.6. The molecule has 1 atom stereocenters. The molecule has 4 rings (SSSR count). The van der Waals surface area contributed by atoms with Crippen molar-refractivity contribution in [1.29, 1.82) is 0 Å². The van der Waals surface area contributed by atoms with E-state index in [-0.39, 0.29) is 11.4 Å². The summed E-state index contributed by atoms with van der Waals surface area (Å²) in [6, 6.07) is 6.47. The van der Waals surface area contributed by atoms with E-state index in [0.717, 1.165) is 31.5 Å². The van der Waals surface area contributed by atoms with Crippen LogP contribution in [0.1, 0.15) is 62.0 Å². The molecular weight excluding hydrogens is 263 g/mol. The Morgan fingerprint density at radius 2 is 2.05 bits per heavy atom. The van der Waals surface area contributed by atoms with Gasteiger partial charge in [0, 0.05) is 18.1 Å². The lowest BCUT2D eigenvalue weighted by Crippen LogP contribution is -2.51. The van der Waals surface area contributed by atoms with E-state index in [4.69, 9.17) is 0 Å². The van der Waals surface area contributed by atoms with Crippen molar-refractivity contribution in [2.45, 2.75) is 62.4 Å². The van der Waals surface area contributed by atoms with Crippen LogP contribution in [0.15, 0.2) is 18.2 Å². The highest BCUT2D eigenvalue weighted by molar-refractivity contribution is 5.36. The van der Waals surface area contributed by atoms with Gasteiger partial charge in [0.15, 0.2) is 0 Å². The van der Waals surface area contributed by atoms with E-state index in [1.54, 1.807) is 6.07 Å². The van der Waals surface area contributed by atoms with Crippen LogP contribution >= 0.6 is 0 Å². The molecule has 0 radical (unpaired) electrons. The predicted octanol–water partition coefficient (Wildman–Crippen LogP) is 3.42. The Labute approximate surface area is 126 Å². The largest absolute Gasteiger partial charge is 0.313 e. The second kappa shape index (κ2) is 5.36. The summed E-state index contributed by atoms with van der Waals surface area (Å²) in [6.45, 7) is 2.19. The van der Waals surface area contributed by atoms with Gasteiger partial charge in [0.25, 0.3) is 0 Å². The molecule has 114 valence electrons. The summed E-state index contributed by atoms with van der Waals surface area (Å²) < 4.78 is 14.0. The van der Waals surface area contributed by atoms with Crippen LogP contribution in [-0.2, 0) is 5.54 Å². The molecule has 3 heteroatoms. The fourth-order valence-corrected chi connectivity index (χ4v) is 3.90. The van der Waals surface area contributed by atoms with Gasteiger partial charge in [0.1, 0.15) is 5.82 Å². The minimum atomic E-state index is -0.00631. The van der Waals surface area contributed by atoms with Crippen molar-refractivity contribution in [1.82, 2.24) is 10.6 Å². The van der Waals surface area contributed by atoms with Gasteiger partial charge < -0.3 is 10.6 Å². The van der Waals surface area contributed by atoms with E-state index in [0.29, 0.717) is 12.0 Å². The van der Waals surface area contributed by atoms with Crippen LogP contribution in [0.25, 0.3) is 0 Å². The van der Waals surface area contributed by atoms with Crippen LogP contribution in [0.3, 0.4) is 0 Å². The van der Waals surface area contributed by atoms with Gasteiger partial charge in [-0.25, -0.2) is 4.39 Å². The molecule has 3 fully saturated rings. The van der Waals surface area contributed by atoms with E-state index in [1.165, 1.54) is 37.7 Å². The summed E-state index contributed by atoms with van der Waals surface area (Å²) in [5.74, 6) is 0.478. The molecule has 0 amide bonds. The molecule has 2 aliphatic carbocycles. The summed E-state index contributed by atoms with van der Waals surface area (Å²) >= 11 is 0. The van der Waals surface area contributed by atoms with Crippen LogP contribution in [0.4, 0.5) is 4.39 Å². The fourth-order valence-electron chi connectivity index (χ4n) is 3.90. The van der Waals surface area contributed by atoms with E-state index in [9.17, 15) is 4.39 Å². The van der Waals surface area contributed by atoms with Crippen molar-refractivity contribution in [3.63, 3.8) is 0 Å². The molecule has 2 N–H and O–H groups in total. The maximum Gasteiger partial charge on any atom is 0.126 e. The molecule has 21 heavy (non-hydrogen) atoms. The normalized spacial score (nSPS) is 27.6. The first-order chi connectivity index (χ1) is 10.3. The Bertz CT molecular complexity index is 514. The molecule has 0 bridgehead atoms. The van der Waals surface area contributed by atoms with E-state index in [1.807, 2.05) is 6.07 Å². The van der Waals surface area contributed by atoms with Gasteiger partial charge in [-0.2, -0.15) is 0 Å². The molecule has 2 saturated carbocycles. The summed E-state index contributed by atoms with van der Waals surface area (Å²) in [6.07, 6.45) is 8.55. The fraction of sp³-hybridized carbons (Fsp3) is 0.667. The van der Waals surface area contributed by atoms with Crippen molar-refractivity contribution in [3.05, 3.63) is 35.1 Å². The average Bonchev–Trinajstić information content (AvgIpc) is 3.15. The number of benzene rings is 1. The van der Waals surface area contributed by atoms with E-state index >= 15 is 0 Å². The summed E-state index contributed by atoms with van der Waals surface area (Å²) in [5.41, 5.74) is 2.39. The summed E-state index contributed by atoms with van der Waals surface area (Å²) in [5, 5.41) is 7.37. The van der Waals surface area contributed by atoms with Gasteiger partial charge in [-0.05, 0) is 74.6 Å².